The van der Waals surface area contributed by atoms with Crippen molar-refractivity contribution in [3.05, 3.63) is 65.7 Å². The second-order valence-corrected chi connectivity index (χ2v) is 7.61. The lowest BCUT2D eigenvalue weighted by atomic mass is 10.0. The number of anilines is 1. The molecule has 0 aromatic heterocycles. The lowest BCUT2D eigenvalue weighted by Gasteiger charge is -2.35. The fourth-order valence-electron chi connectivity index (χ4n) is 3.71. The van der Waals surface area contributed by atoms with Crippen molar-refractivity contribution in [2.45, 2.75) is 25.8 Å². The number of nitrogens with zero attached hydrogens (tertiary/aromatic N) is 2. The average molecular weight is 396 g/mol. The molecule has 0 saturated carbocycles. The molecule has 3 rings (SSSR count). The quantitative estimate of drug-likeness (QED) is 0.703. The molecular formula is C24H33N3O2. The molecule has 1 saturated heterocycles. The molecule has 1 aliphatic rings. The van der Waals surface area contributed by atoms with Gasteiger partial charge in [0.05, 0.1) is 19.3 Å². The van der Waals surface area contributed by atoms with Gasteiger partial charge < -0.3 is 15.0 Å². The maximum Gasteiger partial charge on any atom is 0.251 e. The number of hydrogen-bond donors (Lipinski definition) is 1. The second-order valence-electron chi connectivity index (χ2n) is 7.61. The van der Waals surface area contributed by atoms with Crippen LogP contribution in [0.15, 0.2) is 54.6 Å². The van der Waals surface area contributed by atoms with Crippen LogP contribution < -0.4 is 10.2 Å². The molecule has 2 aromatic rings. The molecule has 2 aromatic carbocycles. The van der Waals surface area contributed by atoms with Gasteiger partial charge in [0.25, 0.3) is 5.91 Å². The van der Waals surface area contributed by atoms with Crippen molar-refractivity contribution in [1.82, 2.24) is 10.2 Å². The van der Waals surface area contributed by atoms with E-state index in [1.807, 2.05) is 30.3 Å². The van der Waals surface area contributed by atoms with Crippen molar-refractivity contribution in [3.63, 3.8) is 0 Å². The molecule has 1 unspecified atom stereocenters. The van der Waals surface area contributed by atoms with E-state index < -0.39 is 0 Å². The van der Waals surface area contributed by atoms with Crippen LogP contribution in [0, 0.1) is 0 Å². The van der Waals surface area contributed by atoms with Gasteiger partial charge in [-0.25, -0.2) is 0 Å². The van der Waals surface area contributed by atoms with Crippen molar-refractivity contribution in [3.8, 4) is 0 Å². The minimum absolute atomic E-state index is 0.0260. The van der Waals surface area contributed by atoms with Gasteiger partial charge in [0.15, 0.2) is 0 Å². The molecule has 1 heterocycles. The van der Waals surface area contributed by atoms with Crippen molar-refractivity contribution < 1.29 is 9.53 Å². The van der Waals surface area contributed by atoms with Crippen LogP contribution in [0.25, 0.3) is 0 Å². The zero-order chi connectivity index (χ0) is 20.5. The maximum atomic E-state index is 12.7. The molecular weight excluding hydrogens is 362 g/mol. The number of nitrogens with one attached hydrogen (secondary N) is 1. The molecule has 1 amide bonds. The predicted molar refractivity (Wildman–Crippen MR) is 119 cm³/mol. The largest absolute Gasteiger partial charge is 0.379 e. The van der Waals surface area contributed by atoms with Crippen molar-refractivity contribution in [1.29, 1.82) is 0 Å². The molecule has 5 heteroatoms. The van der Waals surface area contributed by atoms with Gasteiger partial charge in [-0.1, -0.05) is 43.7 Å². The van der Waals surface area contributed by atoms with Gasteiger partial charge in [0.2, 0.25) is 0 Å². The first-order valence-electron chi connectivity index (χ1n) is 10.6. The summed E-state index contributed by atoms with van der Waals surface area (Å²) in [7, 11) is 2.09. The Bertz CT molecular complexity index is 742. The van der Waals surface area contributed by atoms with E-state index in [0.717, 1.165) is 38.5 Å². The van der Waals surface area contributed by atoms with Crippen LogP contribution in [0.2, 0.25) is 0 Å². The van der Waals surface area contributed by atoms with Crippen molar-refractivity contribution in [2.24, 2.45) is 0 Å². The van der Waals surface area contributed by atoms with Gasteiger partial charge in [-0.15, -0.1) is 0 Å². The lowest BCUT2D eigenvalue weighted by molar-refractivity contribution is 0.0162. The van der Waals surface area contributed by atoms with E-state index in [-0.39, 0.29) is 11.9 Å². The SMILES string of the molecule is CCCCN(C)c1ccc(C(=O)NCC(c2ccccc2)N2CCOCC2)cc1. The van der Waals surface area contributed by atoms with Gasteiger partial charge in [-0.2, -0.15) is 0 Å². The Balaban J connectivity index is 1.62. The molecule has 0 spiro atoms. The highest BCUT2D eigenvalue weighted by atomic mass is 16.5. The first kappa shape index (κ1) is 21.3. The van der Waals surface area contributed by atoms with Gasteiger partial charge in [-0.3, -0.25) is 9.69 Å². The van der Waals surface area contributed by atoms with Crippen LogP contribution in [0.5, 0.6) is 0 Å². The number of carbonyl (C=O) groups excluding carboxylic acids is 1. The summed E-state index contributed by atoms with van der Waals surface area (Å²) in [6, 6.07) is 18.4. The Labute approximate surface area is 174 Å². The third-order valence-corrected chi connectivity index (χ3v) is 5.54. The topological polar surface area (TPSA) is 44.8 Å². The normalized spacial score (nSPS) is 15.7. The summed E-state index contributed by atoms with van der Waals surface area (Å²) in [5.41, 5.74) is 3.07. The van der Waals surface area contributed by atoms with Gasteiger partial charge in [-0.05, 0) is 36.2 Å². The fraction of sp³-hybridized carbons (Fsp3) is 0.458. The minimum atomic E-state index is -0.0260. The molecule has 1 fully saturated rings. The monoisotopic (exact) mass is 395 g/mol. The fourth-order valence-corrected chi connectivity index (χ4v) is 3.71. The minimum Gasteiger partial charge on any atom is -0.379 e. The molecule has 1 atom stereocenters. The van der Waals surface area contributed by atoms with E-state index in [2.05, 4.69) is 53.4 Å². The summed E-state index contributed by atoms with van der Waals surface area (Å²) >= 11 is 0. The maximum absolute atomic E-state index is 12.7. The van der Waals surface area contributed by atoms with Crippen LogP contribution in [-0.2, 0) is 4.74 Å². The molecule has 1 N–H and O–H groups in total. The van der Waals surface area contributed by atoms with Gasteiger partial charge in [0.1, 0.15) is 0 Å². The van der Waals surface area contributed by atoms with E-state index in [9.17, 15) is 4.79 Å². The summed E-state index contributed by atoms with van der Waals surface area (Å²) in [5.74, 6) is -0.0260. The van der Waals surface area contributed by atoms with Gasteiger partial charge in [0, 0.05) is 44.5 Å². The average Bonchev–Trinajstić information content (AvgIpc) is 2.79. The Kier molecular flexibility index (Phi) is 8.08. The number of carbonyl (C=O) groups is 1. The number of rotatable bonds is 9. The summed E-state index contributed by atoms with van der Waals surface area (Å²) in [4.78, 5) is 17.4. The number of morpholine rings is 1. The summed E-state index contributed by atoms with van der Waals surface area (Å²) in [6.45, 7) is 7.05. The van der Waals surface area contributed by atoms with Crippen LogP contribution in [0.1, 0.15) is 41.7 Å². The Morgan fingerprint density at radius 1 is 1.10 bits per heavy atom. The number of ether oxygens (including phenoxy) is 1. The van der Waals surface area contributed by atoms with Crippen LogP contribution in [0.4, 0.5) is 5.69 Å². The molecule has 0 radical (unpaired) electrons. The number of unbranched alkanes of at least 4 members (excludes halogenated alkanes) is 1. The molecule has 5 nitrogen and oxygen atoms in total. The first-order chi connectivity index (χ1) is 14.2. The van der Waals surface area contributed by atoms with Crippen molar-refractivity contribution in [2.75, 3.05) is 51.3 Å². The molecule has 156 valence electrons. The van der Waals surface area contributed by atoms with Crippen LogP contribution in [-0.4, -0.2) is 57.2 Å². The summed E-state index contributed by atoms with van der Waals surface area (Å²) < 4.78 is 5.50. The molecule has 1 aliphatic heterocycles. The van der Waals surface area contributed by atoms with Crippen LogP contribution in [0.3, 0.4) is 0 Å². The van der Waals surface area contributed by atoms with Crippen LogP contribution >= 0.6 is 0 Å². The van der Waals surface area contributed by atoms with E-state index in [4.69, 9.17) is 4.74 Å². The van der Waals surface area contributed by atoms with Crippen molar-refractivity contribution >= 4 is 11.6 Å². The van der Waals surface area contributed by atoms with Gasteiger partial charge >= 0.3 is 0 Å². The highest BCUT2D eigenvalue weighted by molar-refractivity contribution is 5.94. The van der Waals surface area contributed by atoms with E-state index in [1.54, 1.807) is 0 Å². The Hall–Kier alpha value is -2.37. The molecule has 0 bridgehead atoms. The molecule has 29 heavy (non-hydrogen) atoms. The highest BCUT2D eigenvalue weighted by Crippen LogP contribution is 2.21. The number of amides is 1. The standard InChI is InChI=1S/C24H33N3O2/c1-3-4-14-26(2)22-12-10-21(11-13-22)24(28)25-19-23(20-8-6-5-7-9-20)27-15-17-29-18-16-27/h5-13,23H,3-4,14-19H2,1-2H3,(H,25,28). The first-order valence-corrected chi connectivity index (χ1v) is 10.6. The zero-order valence-corrected chi connectivity index (χ0v) is 17.6. The van der Waals surface area contributed by atoms with E-state index in [0.29, 0.717) is 12.1 Å². The summed E-state index contributed by atoms with van der Waals surface area (Å²) in [5, 5.41) is 3.14. The third kappa shape index (κ3) is 6.05. The lowest BCUT2D eigenvalue weighted by Crippen LogP contribution is -2.43. The zero-order valence-electron chi connectivity index (χ0n) is 17.6. The third-order valence-electron chi connectivity index (χ3n) is 5.54. The Morgan fingerprint density at radius 2 is 1.79 bits per heavy atom. The second kappa shape index (κ2) is 11.0. The summed E-state index contributed by atoms with van der Waals surface area (Å²) in [6.07, 6.45) is 2.34. The molecule has 0 aliphatic carbocycles. The number of benzene rings is 2. The van der Waals surface area contributed by atoms with E-state index >= 15 is 0 Å². The van der Waals surface area contributed by atoms with E-state index in [1.165, 1.54) is 18.4 Å². The highest BCUT2D eigenvalue weighted by Gasteiger charge is 2.23. The Morgan fingerprint density at radius 3 is 2.45 bits per heavy atom. The smallest absolute Gasteiger partial charge is 0.251 e. The predicted octanol–water partition coefficient (Wildman–Crippen LogP) is 3.73. The number of hydrogen-bond acceptors (Lipinski definition) is 4.